The molecule has 0 amide bonds. The number of carbonyl (C=O) groups excluding carboxylic acids is 1. The number of nitro groups is 1. The summed E-state index contributed by atoms with van der Waals surface area (Å²) < 4.78 is 0. The van der Waals surface area contributed by atoms with Gasteiger partial charge in [0.1, 0.15) is 0 Å². The second-order valence-electron chi connectivity index (χ2n) is 3.84. The van der Waals surface area contributed by atoms with E-state index in [2.05, 4.69) is 15.9 Å². The first-order valence-electron chi connectivity index (χ1n) is 5.18. The zero-order valence-electron chi connectivity index (χ0n) is 10.1. The van der Waals surface area contributed by atoms with Crippen LogP contribution >= 0.6 is 15.9 Å². The summed E-state index contributed by atoms with van der Waals surface area (Å²) in [6, 6.07) is 4.72. The number of Topliss-reactive ketones (excluding diaryl/α,β-unsaturated/α-hetero) is 1. The SMILES string of the molecule is CN(C)C=Cc1cccc(C(=O)CBr)c1[N+](=O)[O-]. The second-order valence-corrected chi connectivity index (χ2v) is 4.40. The average Bonchev–Trinajstić information content (AvgIpc) is 2.34. The Hall–Kier alpha value is -1.69. The number of hydrogen-bond acceptors (Lipinski definition) is 4. The van der Waals surface area contributed by atoms with Crippen LogP contribution in [0.3, 0.4) is 0 Å². The smallest absolute Gasteiger partial charge is 0.287 e. The van der Waals surface area contributed by atoms with Crippen molar-refractivity contribution in [1.82, 2.24) is 4.90 Å². The van der Waals surface area contributed by atoms with E-state index in [4.69, 9.17) is 0 Å². The Labute approximate surface area is 113 Å². The number of alkyl halides is 1. The second kappa shape index (κ2) is 6.30. The van der Waals surface area contributed by atoms with E-state index in [1.807, 2.05) is 14.1 Å². The molecule has 0 radical (unpaired) electrons. The highest BCUT2D eigenvalue weighted by molar-refractivity contribution is 9.09. The summed E-state index contributed by atoms with van der Waals surface area (Å²) in [5.41, 5.74) is 0.387. The van der Waals surface area contributed by atoms with E-state index in [-0.39, 0.29) is 22.4 Å². The fourth-order valence-electron chi connectivity index (χ4n) is 1.43. The molecule has 0 aliphatic heterocycles. The van der Waals surface area contributed by atoms with Crippen LogP contribution in [0.5, 0.6) is 0 Å². The first kappa shape index (κ1) is 14.4. The highest BCUT2D eigenvalue weighted by Gasteiger charge is 2.22. The molecule has 1 aromatic carbocycles. The Morgan fingerprint density at radius 3 is 2.67 bits per heavy atom. The van der Waals surface area contributed by atoms with Gasteiger partial charge in [0.2, 0.25) is 0 Å². The molecule has 1 rings (SSSR count). The van der Waals surface area contributed by atoms with Crippen molar-refractivity contribution in [3.8, 4) is 0 Å². The van der Waals surface area contributed by atoms with E-state index in [0.717, 1.165) is 0 Å². The van der Waals surface area contributed by atoms with Crippen LogP contribution in [0.15, 0.2) is 24.4 Å². The molecule has 0 heterocycles. The number of ketones is 1. The number of rotatable bonds is 5. The molecule has 0 N–H and O–H groups in total. The number of para-hydroxylation sites is 1. The molecule has 5 nitrogen and oxygen atoms in total. The zero-order valence-corrected chi connectivity index (χ0v) is 11.7. The van der Waals surface area contributed by atoms with E-state index >= 15 is 0 Å². The highest BCUT2D eigenvalue weighted by Crippen LogP contribution is 2.26. The Balaban J connectivity index is 3.35. The monoisotopic (exact) mass is 312 g/mol. The predicted octanol–water partition coefficient (Wildman–Crippen LogP) is 2.70. The quantitative estimate of drug-likeness (QED) is 0.363. The molecule has 18 heavy (non-hydrogen) atoms. The average molecular weight is 313 g/mol. The van der Waals surface area contributed by atoms with Gasteiger partial charge in [0.05, 0.1) is 21.4 Å². The van der Waals surface area contributed by atoms with Crippen LogP contribution in [0.2, 0.25) is 0 Å². The molecule has 6 heteroatoms. The predicted molar refractivity (Wildman–Crippen MR) is 73.9 cm³/mol. The van der Waals surface area contributed by atoms with E-state index in [1.165, 1.54) is 6.07 Å². The maximum atomic E-state index is 11.6. The third-order valence-electron chi connectivity index (χ3n) is 2.22. The molecule has 0 atom stereocenters. The van der Waals surface area contributed by atoms with Gasteiger partial charge < -0.3 is 4.90 Å². The minimum atomic E-state index is -0.523. The van der Waals surface area contributed by atoms with Crippen molar-refractivity contribution in [2.75, 3.05) is 19.4 Å². The number of nitrogens with zero attached hydrogens (tertiary/aromatic N) is 2. The lowest BCUT2D eigenvalue weighted by Gasteiger charge is -2.05. The van der Waals surface area contributed by atoms with Gasteiger partial charge in [0.25, 0.3) is 5.69 Å². The van der Waals surface area contributed by atoms with Gasteiger partial charge in [0.15, 0.2) is 5.78 Å². The lowest BCUT2D eigenvalue weighted by molar-refractivity contribution is -0.385. The summed E-state index contributed by atoms with van der Waals surface area (Å²) in [5.74, 6) is -0.304. The summed E-state index contributed by atoms with van der Waals surface area (Å²) in [7, 11) is 3.63. The topological polar surface area (TPSA) is 63.5 Å². The summed E-state index contributed by atoms with van der Waals surface area (Å²) >= 11 is 3.02. The van der Waals surface area contributed by atoms with Gasteiger partial charge in [-0.3, -0.25) is 14.9 Å². The Morgan fingerprint density at radius 2 is 2.17 bits per heavy atom. The van der Waals surface area contributed by atoms with Gasteiger partial charge in [-0.1, -0.05) is 22.0 Å². The molecule has 96 valence electrons. The van der Waals surface area contributed by atoms with Crippen molar-refractivity contribution < 1.29 is 9.72 Å². The molecule has 0 saturated heterocycles. The van der Waals surface area contributed by atoms with E-state index in [9.17, 15) is 14.9 Å². The molecule has 0 aromatic heterocycles. The Bertz CT molecular complexity index is 498. The molecule has 0 fully saturated rings. The fourth-order valence-corrected chi connectivity index (χ4v) is 1.73. The number of benzene rings is 1. The van der Waals surface area contributed by atoms with Crippen LogP contribution in [0, 0.1) is 10.1 Å². The summed E-state index contributed by atoms with van der Waals surface area (Å²) in [5, 5.41) is 11.2. The van der Waals surface area contributed by atoms with Crippen molar-refractivity contribution in [3.63, 3.8) is 0 Å². The van der Waals surface area contributed by atoms with Crippen molar-refractivity contribution in [1.29, 1.82) is 0 Å². The lowest BCUT2D eigenvalue weighted by Crippen LogP contribution is -2.06. The molecule has 0 aliphatic carbocycles. The number of halogens is 1. The van der Waals surface area contributed by atoms with Gasteiger partial charge in [-0.05, 0) is 24.4 Å². The molecule has 0 bridgehead atoms. The van der Waals surface area contributed by atoms with Crippen molar-refractivity contribution in [2.24, 2.45) is 0 Å². The van der Waals surface area contributed by atoms with E-state index in [0.29, 0.717) is 5.56 Å². The fraction of sp³-hybridized carbons (Fsp3) is 0.250. The van der Waals surface area contributed by atoms with Crippen LogP contribution in [0.4, 0.5) is 5.69 Å². The third-order valence-corrected chi connectivity index (χ3v) is 2.73. The molecular formula is C12H13BrN2O3. The van der Waals surface area contributed by atoms with Gasteiger partial charge in [-0.25, -0.2) is 0 Å². The van der Waals surface area contributed by atoms with Crippen molar-refractivity contribution >= 4 is 33.5 Å². The van der Waals surface area contributed by atoms with E-state index < -0.39 is 4.92 Å². The van der Waals surface area contributed by atoms with Crippen LogP contribution < -0.4 is 0 Å². The molecule has 0 unspecified atom stereocenters. The van der Waals surface area contributed by atoms with Crippen LogP contribution in [0.1, 0.15) is 15.9 Å². The summed E-state index contributed by atoms with van der Waals surface area (Å²) in [6.45, 7) is 0. The maximum Gasteiger partial charge on any atom is 0.287 e. The molecule has 0 spiro atoms. The maximum absolute atomic E-state index is 11.6. The lowest BCUT2D eigenvalue weighted by atomic mass is 10.0. The minimum absolute atomic E-state index is 0.0642. The van der Waals surface area contributed by atoms with Crippen molar-refractivity contribution in [3.05, 3.63) is 45.6 Å². The normalized spacial score (nSPS) is 10.6. The summed E-state index contributed by atoms with van der Waals surface area (Å²) in [4.78, 5) is 24.0. The Kier molecular flexibility index (Phi) is 5.03. The molecular weight excluding hydrogens is 300 g/mol. The van der Waals surface area contributed by atoms with Gasteiger partial charge in [0, 0.05) is 14.1 Å². The summed E-state index contributed by atoms with van der Waals surface area (Å²) in [6.07, 6.45) is 3.31. The van der Waals surface area contributed by atoms with Crippen LogP contribution in [-0.2, 0) is 0 Å². The van der Waals surface area contributed by atoms with Crippen LogP contribution in [-0.4, -0.2) is 35.0 Å². The number of nitro benzene ring substituents is 1. The number of carbonyl (C=O) groups is 1. The molecule has 0 saturated carbocycles. The largest absolute Gasteiger partial charge is 0.383 e. The Morgan fingerprint density at radius 1 is 1.50 bits per heavy atom. The minimum Gasteiger partial charge on any atom is -0.383 e. The van der Waals surface area contributed by atoms with Gasteiger partial charge in [-0.2, -0.15) is 0 Å². The molecule has 0 aliphatic rings. The first-order valence-corrected chi connectivity index (χ1v) is 6.30. The van der Waals surface area contributed by atoms with Gasteiger partial charge in [-0.15, -0.1) is 0 Å². The van der Waals surface area contributed by atoms with E-state index in [1.54, 1.807) is 29.3 Å². The zero-order chi connectivity index (χ0) is 13.7. The van der Waals surface area contributed by atoms with Crippen LogP contribution in [0.25, 0.3) is 6.08 Å². The van der Waals surface area contributed by atoms with Gasteiger partial charge >= 0.3 is 0 Å². The molecule has 1 aromatic rings. The highest BCUT2D eigenvalue weighted by atomic mass is 79.9. The van der Waals surface area contributed by atoms with Crippen molar-refractivity contribution in [2.45, 2.75) is 0 Å². The third kappa shape index (κ3) is 3.40. The first-order chi connectivity index (χ1) is 8.47. The number of hydrogen-bond donors (Lipinski definition) is 0. The standard InChI is InChI=1S/C12H13BrN2O3/c1-14(2)7-6-9-4-3-5-10(11(16)8-13)12(9)15(17)18/h3-7H,8H2,1-2H3.